The summed E-state index contributed by atoms with van der Waals surface area (Å²) in [6, 6.07) is 7.04. The minimum Gasteiger partial charge on any atom is -0.503 e. The highest BCUT2D eigenvalue weighted by Gasteiger charge is 2.33. The van der Waals surface area contributed by atoms with E-state index in [-0.39, 0.29) is 27.5 Å². The third-order valence-corrected chi connectivity index (χ3v) is 5.48. The van der Waals surface area contributed by atoms with Gasteiger partial charge in [0.15, 0.2) is 15.8 Å². The van der Waals surface area contributed by atoms with Gasteiger partial charge in [-0.25, -0.2) is 4.39 Å². The van der Waals surface area contributed by atoms with Gasteiger partial charge in [0, 0.05) is 0 Å². The van der Waals surface area contributed by atoms with E-state index in [0.717, 1.165) is 11.8 Å². The molecule has 1 aliphatic heterocycles. The molecule has 2 aromatic rings. The quantitative estimate of drug-likeness (QED) is 0.489. The van der Waals surface area contributed by atoms with Crippen LogP contribution < -0.4 is 9.64 Å². The number of phenolic OH excluding ortho intramolecular Hbond substituents is 1. The molecule has 1 N–H and O–H groups in total. The first-order valence-corrected chi connectivity index (χ1v) is 9.68. The summed E-state index contributed by atoms with van der Waals surface area (Å²) in [4.78, 5) is 14.4. The number of halogens is 3. The average molecular weight is 444 g/mol. The van der Waals surface area contributed by atoms with Crippen LogP contribution in [0.4, 0.5) is 10.1 Å². The largest absolute Gasteiger partial charge is 0.503 e. The van der Waals surface area contributed by atoms with Crippen molar-refractivity contribution in [1.82, 2.24) is 0 Å². The first-order valence-electron chi connectivity index (χ1n) is 7.70. The van der Waals surface area contributed by atoms with Crippen molar-refractivity contribution in [1.29, 1.82) is 0 Å². The SMILES string of the molecule is CCOc1cc(/C=C2\SC(=S)N(c3ccc(F)c(Cl)c3)C2=O)cc(Cl)c1O. The van der Waals surface area contributed by atoms with Crippen molar-refractivity contribution in [3.05, 3.63) is 56.7 Å². The van der Waals surface area contributed by atoms with Gasteiger partial charge in [-0.05, 0) is 48.9 Å². The molecule has 0 unspecified atom stereocenters. The molecule has 0 aliphatic carbocycles. The number of anilines is 1. The molecule has 3 rings (SSSR count). The summed E-state index contributed by atoms with van der Waals surface area (Å²) in [6.45, 7) is 2.12. The van der Waals surface area contributed by atoms with E-state index in [1.165, 1.54) is 29.2 Å². The minimum absolute atomic E-state index is 0.0998. The molecule has 1 aliphatic rings. The molecule has 0 atom stereocenters. The summed E-state index contributed by atoms with van der Waals surface area (Å²) in [5.74, 6) is -0.889. The fourth-order valence-electron chi connectivity index (χ4n) is 2.41. The summed E-state index contributed by atoms with van der Waals surface area (Å²) in [7, 11) is 0. The number of carbonyl (C=O) groups excluding carboxylic acids is 1. The molecule has 140 valence electrons. The highest BCUT2D eigenvalue weighted by atomic mass is 35.5. The maximum absolute atomic E-state index is 13.4. The Morgan fingerprint density at radius 1 is 1.30 bits per heavy atom. The van der Waals surface area contributed by atoms with Gasteiger partial charge in [0.05, 0.1) is 27.2 Å². The van der Waals surface area contributed by atoms with Crippen LogP contribution in [0.1, 0.15) is 12.5 Å². The second-order valence-electron chi connectivity index (χ2n) is 5.40. The first kappa shape index (κ1) is 19.9. The minimum atomic E-state index is -0.580. The number of thiocarbonyl (C=S) groups is 1. The molecule has 9 heteroatoms. The van der Waals surface area contributed by atoms with E-state index < -0.39 is 5.82 Å². The van der Waals surface area contributed by atoms with Gasteiger partial charge in [-0.3, -0.25) is 9.69 Å². The summed E-state index contributed by atoms with van der Waals surface area (Å²) in [6.07, 6.45) is 1.60. The van der Waals surface area contributed by atoms with Crippen molar-refractivity contribution in [2.24, 2.45) is 0 Å². The number of carbonyl (C=O) groups is 1. The third-order valence-electron chi connectivity index (χ3n) is 3.60. The summed E-state index contributed by atoms with van der Waals surface area (Å²) < 4.78 is 19.0. The van der Waals surface area contributed by atoms with Crippen molar-refractivity contribution >= 4 is 69.2 Å². The van der Waals surface area contributed by atoms with Gasteiger partial charge in [0.25, 0.3) is 5.91 Å². The van der Waals surface area contributed by atoms with Crippen molar-refractivity contribution in [3.63, 3.8) is 0 Å². The molecule has 1 heterocycles. The van der Waals surface area contributed by atoms with Gasteiger partial charge in [0.2, 0.25) is 0 Å². The Morgan fingerprint density at radius 2 is 2.04 bits per heavy atom. The zero-order valence-electron chi connectivity index (χ0n) is 13.8. The van der Waals surface area contributed by atoms with Crippen LogP contribution in [-0.2, 0) is 4.79 Å². The molecule has 1 saturated heterocycles. The van der Waals surface area contributed by atoms with Crippen molar-refractivity contribution in [2.75, 3.05) is 11.5 Å². The average Bonchev–Trinajstić information content (AvgIpc) is 2.89. The molecule has 1 amide bonds. The summed E-state index contributed by atoms with van der Waals surface area (Å²) in [5, 5.41) is 9.93. The monoisotopic (exact) mass is 443 g/mol. The Morgan fingerprint density at radius 3 is 2.70 bits per heavy atom. The lowest BCUT2D eigenvalue weighted by molar-refractivity contribution is -0.113. The number of aromatic hydroxyl groups is 1. The molecule has 0 spiro atoms. The number of benzene rings is 2. The molecule has 2 aromatic carbocycles. The van der Waals surface area contributed by atoms with Crippen LogP contribution in [0.2, 0.25) is 10.0 Å². The lowest BCUT2D eigenvalue weighted by Crippen LogP contribution is -2.27. The summed E-state index contributed by atoms with van der Waals surface area (Å²) >= 11 is 18.2. The predicted molar refractivity (Wildman–Crippen MR) is 111 cm³/mol. The third kappa shape index (κ3) is 4.06. The number of thioether (sulfide) groups is 1. The number of hydrogen-bond acceptors (Lipinski definition) is 5. The Bertz CT molecular complexity index is 981. The van der Waals surface area contributed by atoms with Crippen LogP contribution >= 0.6 is 47.2 Å². The molecule has 0 bridgehead atoms. The van der Waals surface area contributed by atoms with Crippen molar-refractivity contribution in [2.45, 2.75) is 6.92 Å². The number of ether oxygens (including phenoxy) is 1. The Balaban J connectivity index is 1.96. The van der Waals surface area contributed by atoms with Gasteiger partial charge >= 0.3 is 0 Å². The molecule has 0 aromatic heterocycles. The molecule has 0 saturated carbocycles. The fourth-order valence-corrected chi connectivity index (χ4v) is 4.10. The molecular weight excluding hydrogens is 432 g/mol. The van der Waals surface area contributed by atoms with Gasteiger partial charge in [-0.1, -0.05) is 47.2 Å². The normalized spacial score (nSPS) is 15.7. The number of rotatable bonds is 4. The van der Waals surface area contributed by atoms with Crippen LogP contribution in [0, 0.1) is 5.82 Å². The molecule has 0 radical (unpaired) electrons. The van der Waals surface area contributed by atoms with Gasteiger partial charge in [-0.2, -0.15) is 0 Å². The maximum atomic E-state index is 13.4. The van der Waals surface area contributed by atoms with Crippen LogP contribution in [-0.4, -0.2) is 21.9 Å². The maximum Gasteiger partial charge on any atom is 0.270 e. The smallest absolute Gasteiger partial charge is 0.270 e. The zero-order valence-corrected chi connectivity index (χ0v) is 17.0. The first-order chi connectivity index (χ1) is 12.8. The number of amides is 1. The number of phenols is 1. The van der Waals surface area contributed by atoms with E-state index >= 15 is 0 Å². The summed E-state index contributed by atoms with van der Waals surface area (Å²) in [5.41, 5.74) is 0.949. The number of hydrogen-bond donors (Lipinski definition) is 1. The highest BCUT2D eigenvalue weighted by Crippen LogP contribution is 2.40. The second-order valence-corrected chi connectivity index (χ2v) is 7.89. The van der Waals surface area contributed by atoms with Crippen LogP contribution in [0.5, 0.6) is 11.5 Å². The van der Waals surface area contributed by atoms with E-state index in [9.17, 15) is 14.3 Å². The fraction of sp³-hybridized carbons (Fsp3) is 0.111. The molecule has 4 nitrogen and oxygen atoms in total. The van der Waals surface area contributed by atoms with E-state index in [1.807, 2.05) is 0 Å². The Kier molecular flexibility index (Phi) is 5.95. The lowest BCUT2D eigenvalue weighted by Gasteiger charge is -2.14. The number of nitrogens with zero attached hydrogens (tertiary/aromatic N) is 1. The molecule has 1 fully saturated rings. The van der Waals surface area contributed by atoms with Crippen LogP contribution in [0.3, 0.4) is 0 Å². The topological polar surface area (TPSA) is 49.8 Å². The lowest BCUT2D eigenvalue weighted by atomic mass is 10.1. The van der Waals surface area contributed by atoms with Crippen molar-refractivity contribution < 1.29 is 19.0 Å². The van der Waals surface area contributed by atoms with Gasteiger partial charge < -0.3 is 9.84 Å². The van der Waals surface area contributed by atoms with E-state index in [2.05, 4.69) is 0 Å². The highest BCUT2D eigenvalue weighted by molar-refractivity contribution is 8.27. The van der Waals surface area contributed by atoms with Crippen LogP contribution in [0.15, 0.2) is 35.2 Å². The van der Waals surface area contributed by atoms with E-state index in [4.69, 9.17) is 40.2 Å². The van der Waals surface area contributed by atoms with E-state index in [0.29, 0.717) is 27.1 Å². The van der Waals surface area contributed by atoms with Gasteiger partial charge in [0.1, 0.15) is 5.82 Å². The van der Waals surface area contributed by atoms with E-state index in [1.54, 1.807) is 19.1 Å². The molecular formula is C18H12Cl2FNO3S2. The standard InChI is InChI=1S/C18H12Cl2FNO3S2/c1-2-25-14-6-9(5-12(20)16(14)23)7-15-17(24)22(18(26)27-15)10-3-4-13(21)11(19)8-10/h3-8,23H,2H2,1H3/b15-7-. The Labute approximate surface area is 174 Å². The van der Waals surface area contributed by atoms with Crippen LogP contribution in [0.25, 0.3) is 6.08 Å². The van der Waals surface area contributed by atoms with Crippen molar-refractivity contribution in [3.8, 4) is 11.5 Å². The molecule has 27 heavy (non-hydrogen) atoms. The second kappa shape index (κ2) is 8.06. The predicted octanol–water partition coefficient (Wildman–Crippen LogP) is 5.64. The zero-order chi connectivity index (χ0) is 19.7. The Hall–Kier alpha value is -1.80. The van der Waals surface area contributed by atoms with Gasteiger partial charge in [-0.15, -0.1) is 0 Å².